The summed E-state index contributed by atoms with van der Waals surface area (Å²) in [6.45, 7) is 1.23. The number of carbonyl (C=O) groups excluding carboxylic acids is 1. The molecule has 0 amide bonds. The summed E-state index contributed by atoms with van der Waals surface area (Å²) < 4.78 is 0. The van der Waals surface area contributed by atoms with Crippen LogP contribution in [0.25, 0.3) is 0 Å². The highest BCUT2D eigenvalue weighted by molar-refractivity contribution is 5.53. The van der Waals surface area contributed by atoms with Crippen LogP contribution >= 0.6 is 0 Å². The van der Waals surface area contributed by atoms with Crippen molar-refractivity contribution in [2.45, 2.75) is 12.8 Å². The molecule has 0 atom stereocenters. The average Bonchev–Trinajstić information content (AvgIpc) is 1.90. The van der Waals surface area contributed by atoms with E-state index in [4.69, 9.17) is 0 Å². The molecular weight excluding hydrogens is 118 g/mol. The Hall–Kier alpha value is -0.410. The molecule has 0 radical (unpaired) electrons. The molecule has 1 fully saturated rings. The summed E-state index contributed by atoms with van der Waals surface area (Å²) >= 11 is 0. The minimum absolute atomic E-state index is 0.169. The van der Waals surface area contributed by atoms with Gasteiger partial charge in [0.05, 0.1) is 13.1 Å². The SMILES string of the molecule is O=CC1CC[NH+]([O-])CC1. The van der Waals surface area contributed by atoms with Gasteiger partial charge in [0.15, 0.2) is 0 Å². The molecule has 0 aromatic carbocycles. The fourth-order valence-corrected chi connectivity index (χ4v) is 1.10. The van der Waals surface area contributed by atoms with E-state index >= 15 is 0 Å². The largest absolute Gasteiger partial charge is 0.634 e. The van der Waals surface area contributed by atoms with E-state index in [9.17, 15) is 10.0 Å². The van der Waals surface area contributed by atoms with Gasteiger partial charge in [-0.2, -0.15) is 0 Å². The van der Waals surface area contributed by atoms with Crippen molar-refractivity contribution < 1.29 is 9.86 Å². The van der Waals surface area contributed by atoms with Crippen LogP contribution in [0.2, 0.25) is 0 Å². The van der Waals surface area contributed by atoms with Crippen LogP contribution in [0.4, 0.5) is 0 Å². The van der Waals surface area contributed by atoms with Gasteiger partial charge < -0.3 is 15.1 Å². The first-order chi connectivity index (χ1) is 4.33. The van der Waals surface area contributed by atoms with Gasteiger partial charge >= 0.3 is 0 Å². The number of hydrogen-bond acceptors (Lipinski definition) is 2. The highest BCUT2D eigenvalue weighted by Gasteiger charge is 2.15. The lowest BCUT2D eigenvalue weighted by atomic mass is 10.0. The third kappa shape index (κ3) is 1.77. The minimum atomic E-state index is 0.169. The molecule has 0 aromatic rings. The van der Waals surface area contributed by atoms with Gasteiger partial charge in [0.25, 0.3) is 0 Å². The monoisotopic (exact) mass is 129 g/mol. The molecule has 1 N–H and O–H groups in total. The molecule has 3 nitrogen and oxygen atoms in total. The molecule has 0 saturated carbocycles. The number of aldehydes is 1. The lowest BCUT2D eigenvalue weighted by molar-refractivity contribution is -0.854. The molecule has 1 saturated heterocycles. The van der Waals surface area contributed by atoms with Gasteiger partial charge in [-0.1, -0.05) is 0 Å². The van der Waals surface area contributed by atoms with E-state index in [0.717, 1.165) is 19.1 Å². The van der Waals surface area contributed by atoms with Gasteiger partial charge in [0.2, 0.25) is 0 Å². The van der Waals surface area contributed by atoms with Crippen LogP contribution in [0.1, 0.15) is 12.8 Å². The number of hydrogen-bond donors (Lipinski definition) is 1. The van der Waals surface area contributed by atoms with Crippen molar-refractivity contribution in [3.8, 4) is 0 Å². The molecule has 0 unspecified atom stereocenters. The predicted molar refractivity (Wildman–Crippen MR) is 32.9 cm³/mol. The first-order valence-electron chi connectivity index (χ1n) is 3.30. The normalized spacial score (nSPS) is 36.1. The van der Waals surface area contributed by atoms with Crippen LogP contribution in [0.5, 0.6) is 0 Å². The van der Waals surface area contributed by atoms with Crippen LogP contribution in [-0.4, -0.2) is 19.4 Å². The summed E-state index contributed by atoms with van der Waals surface area (Å²) in [7, 11) is 0. The molecular formula is C6H11NO2. The van der Waals surface area contributed by atoms with Crippen LogP contribution < -0.4 is 5.06 Å². The molecule has 0 aromatic heterocycles. The number of carbonyl (C=O) groups is 1. The second-order valence-electron chi connectivity index (χ2n) is 2.51. The van der Waals surface area contributed by atoms with Gasteiger partial charge in [-0.05, 0) is 0 Å². The van der Waals surface area contributed by atoms with Crippen LogP contribution in [0, 0.1) is 11.1 Å². The molecule has 0 aliphatic carbocycles. The third-order valence-corrected chi connectivity index (χ3v) is 1.78. The van der Waals surface area contributed by atoms with Crippen molar-refractivity contribution in [2.75, 3.05) is 13.1 Å². The fraction of sp³-hybridized carbons (Fsp3) is 0.833. The molecule has 0 bridgehead atoms. The van der Waals surface area contributed by atoms with Gasteiger partial charge in [-0.3, -0.25) is 0 Å². The Bertz CT molecular complexity index is 97.2. The van der Waals surface area contributed by atoms with Crippen molar-refractivity contribution in [1.82, 2.24) is 0 Å². The molecule has 1 aliphatic heterocycles. The lowest BCUT2D eigenvalue weighted by Crippen LogP contribution is -3.08. The van der Waals surface area contributed by atoms with Gasteiger partial charge in [0, 0.05) is 18.8 Å². The molecule has 3 heteroatoms. The second-order valence-corrected chi connectivity index (χ2v) is 2.51. The topological polar surface area (TPSA) is 44.6 Å². The Kier molecular flexibility index (Phi) is 2.19. The predicted octanol–water partition coefficient (Wildman–Crippen LogP) is -1.02. The highest BCUT2D eigenvalue weighted by Crippen LogP contribution is 2.04. The number of quaternary nitrogens is 1. The molecule has 1 heterocycles. The van der Waals surface area contributed by atoms with Crippen molar-refractivity contribution in [3.05, 3.63) is 5.21 Å². The first kappa shape index (κ1) is 6.71. The number of piperidine rings is 1. The lowest BCUT2D eigenvalue weighted by Gasteiger charge is -2.28. The molecule has 1 aliphatic rings. The van der Waals surface area contributed by atoms with E-state index in [1.165, 1.54) is 0 Å². The van der Waals surface area contributed by atoms with Gasteiger partial charge in [-0.25, -0.2) is 0 Å². The summed E-state index contributed by atoms with van der Waals surface area (Å²) in [6, 6.07) is 0. The number of hydroxylamine groups is 2. The maximum Gasteiger partial charge on any atom is 0.123 e. The van der Waals surface area contributed by atoms with Gasteiger partial charge in [-0.15, -0.1) is 0 Å². The highest BCUT2D eigenvalue weighted by atomic mass is 16.5. The van der Waals surface area contributed by atoms with Crippen molar-refractivity contribution >= 4 is 6.29 Å². The average molecular weight is 129 g/mol. The van der Waals surface area contributed by atoms with Gasteiger partial charge in [0.1, 0.15) is 6.29 Å². The first-order valence-corrected chi connectivity index (χ1v) is 3.30. The summed E-state index contributed by atoms with van der Waals surface area (Å²) in [6.07, 6.45) is 2.52. The summed E-state index contributed by atoms with van der Waals surface area (Å²) in [5, 5.41) is 10.9. The maximum absolute atomic E-state index is 10.6. The van der Waals surface area contributed by atoms with Crippen LogP contribution in [0.3, 0.4) is 0 Å². The third-order valence-electron chi connectivity index (χ3n) is 1.78. The van der Waals surface area contributed by atoms with Crippen molar-refractivity contribution in [1.29, 1.82) is 0 Å². The molecule has 52 valence electrons. The van der Waals surface area contributed by atoms with E-state index in [1.54, 1.807) is 0 Å². The summed E-state index contributed by atoms with van der Waals surface area (Å²) in [5.41, 5.74) is 0. The fourth-order valence-electron chi connectivity index (χ4n) is 1.10. The van der Waals surface area contributed by atoms with E-state index in [-0.39, 0.29) is 5.92 Å². The number of rotatable bonds is 1. The summed E-state index contributed by atoms with van der Waals surface area (Å²) in [5.74, 6) is 0.169. The minimum Gasteiger partial charge on any atom is -0.634 e. The van der Waals surface area contributed by atoms with Crippen molar-refractivity contribution in [3.63, 3.8) is 0 Å². The van der Waals surface area contributed by atoms with E-state index in [0.29, 0.717) is 18.2 Å². The zero-order chi connectivity index (χ0) is 6.69. The zero-order valence-corrected chi connectivity index (χ0v) is 5.30. The molecule has 1 rings (SSSR count). The Morgan fingerprint density at radius 3 is 2.44 bits per heavy atom. The van der Waals surface area contributed by atoms with E-state index < -0.39 is 0 Å². The second kappa shape index (κ2) is 2.94. The zero-order valence-electron chi connectivity index (χ0n) is 5.30. The van der Waals surface area contributed by atoms with Crippen LogP contribution in [-0.2, 0) is 4.79 Å². The number of nitrogens with one attached hydrogen (secondary N) is 1. The molecule has 0 spiro atoms. The Balaban J connectivity index is 2.26. The summed E-state index contributed by atoms with van der Waals surface area (Å²) in [4.78, 5) is 10.2. The molecule has 9 heavy (non-hydrogen) atoms. The van der Waals surface area contributed by atoms with E-state index in [1.807, 2.05) is 0 Å². The Labute approximate surface area is 54.2 Å². The van der Waals surface area contributed by atoms with E-state index in [2.05, 4.69) is 0 Å². The standard InChI is InChI=1S/C6H11NO2/c8-5-6-1-3-7(9)4-2-6/h5-7H,1-4H2. The smallest absolute Gasteiger partial charge is 0.123 e. The Morgan fingerprint density at radius 1 is 1.44 bits per heavy atom. The maximum atomic E-state index is 10.6. The van der Waals surface area contributed by atoms with Crippen LogP contribution in [0.15, 0.2) is 0 Å². The quantitative estimate of drug-likeness (QED) is 0.364. The Morgan fingerprint density at radius 2 is 2.00 bits per heavy atom. The van der Waals surface area contributed by atoms with Crippen molar-refractivity contribution in [2.24, 2.45) is 5.92 Å².